The Morgan fingerprint density at radius 1 is 0.409 bits per heavy atom. The molecule has 0 saturated heterocycles. The number of allylic oxidation sites excluding steroid dienone is 3. The lowest BCUT2D eigenvalue weighted by Gasteiger charge is -2.20. The van der Waals surface area contributed by atoms with Crippen LogP contribution in [0.2, 0.25) is 0 Å². The van der Waals surface area contributed by atoms with Crippen molar-refractivity contribution in [3.8, 4) is 0 Å². The fraction of sp³-hybridized carbons (Fsp3) is 0.900. The van der Waals surface area contributed by atoms with Gasteiger partial charge in [-0.25, -0.2) is 0 Å². The number of aliphatic hydroxyl groups excluding tert-OH is 2. The van der Waals surface area contributed by atoms with Crippen LogP contribution in [0, 0.1) is 0 Å². The standard InChI is InChI=1S/C60H115NO5/c1-3-5-7-9-11-13-15-17-19-20-21-22-23-24-25-26-27-29-30-32-36-40-44-48-52-58(63)57(56-62)61-59(64)53-49-45-41-37-34-35-39-43-47-51-55-66-60(65)54-50-46-42-38-33-31-28-18-16-14-12-10-8-6-4-2/h18,28,48,52,57-58,62-63H,3-17,19-27,29-47,49-51,53-56H2,1-2H3,(H,61,64)/b28-18-,52-48+. The highest BCUT2D eigenvalue weighted by molar-refractivity contribution is 5.76. The van der Waals surface area contributed by atoms with E-state index < -0.39 is 12.1 Å². The predicted molar refractivity (Wildman–Crippen MR) is 287 cm³/mol. The van der Waals surface area contributed by atoms with E-state index in [0.717, 1.165) is 57.8 Å². The van der Waals surface area contributed by atoms with E-state index in [9.17, 15) is 19.8 Å². The summed E-state index contributed by atoms with van der Waals surface area (Å²) in [5.41, 5.74) is 0. The van der Waals surface area contributed by atoms with Crippen LogP contribution in [-0.2, 0) is 14.3 Å². The van der Waals surface area contributed by atoms with E-state index in [1.54, 1.807) is 6.08 Å². The summed E-state index contributed by atoms with van der Waals surface area (Å²) in [5.74, 6) is -0.116. The number of unbranched alkanes of at least 4 members (excludes halogenated alkanes) is 42. The normalized spacial score (nSPS) is 12.7. The molecule has 0 spiro atoms. The molecule has 0 aromatic heterocycles. The average molecular weight is 931 g/mol. The fourth-order valence-corrected chi connectivity index (χ4v) is 9.16. The molecule has 390 valence electrons. The molecule has 6 nitrogen and oxygen atoms in total. The van der Waals surface area contributed by atoms with Gasteiger partial charge in [0.05, 0.1) is 25.4 Å². The second-order valence-corrected chi connectivity index (χ2v) is 20.3. The molecule has 1 amide bonds. The van der Waals surface area contributed by atoms with E-state index in [-0.39, 0.29) is 18.5 Å². The minimum Gasteiger partial charge on any atom is -0.466 e. The molecule has 6 heteroatoms. The molecule has 0 aliphatic rings. The van der Waals surface area contributed by atoms with Gasteiger partial charge in [-0.1, -0.05) is 276 Å². The Bertz CT molecular complexity index is 1030. The number of ether oxygens (including phenoxy) is 1. The maximum absolute atomic E-state index is 12.5. The van der Waals surface area contributed by atoms with Crippen LogP contribution in [0.3, 0.4) is 0 Å². The van der Waals surface area contributed by atoms with Crippen LogP contribution in [0.4, 0.5) is 0 Å². The van der Waals surface area contributed by atoms with Crippen molar-refractivity contribution < 1.29 is 24.5 Å². The summed E-state index contributed by atoms with van der Waals surface area (Å²) < 4.78 is 5.46. The van der Waals surface area contributed by atoms with Gasteiger partial charge in [0, 0.05) is 12.8 Å². The predicted octanol–water partition coefficient (Wildman–Crippen LogP) is 18.2. The SMILES string of the molecule is CCCCCCCC/C=C\CCCCCCCC(=O)OCCCCCCCCCCCCC(=O)NC(CO)C(O)/C=C/CCCCCCCCCCCCCCCCCCCCCCCC. The summed E-state index contributed by atoms with van der Waals surface area (Å²) in [5, 5.41) is 23.2. The molecule has 0 saturated carbocycles. The molecular formula is C60H115NO5. The molecule has 2 atom stereocenters. The third kappa shape index (κ3) is 51.7. The van der Waals surface area contributed by atoms with Crippen molar-refractivity contribution >= 4 is 11.9 Å². The number of nitrogens with one attached hydrogen (secondary N) is 1. The number of amides is 1. The second-order valence-electron chi connectivity index (χ2n) is 20.3. The first-order chi connectivity index (χ1) is 32.5. The maximum Gasteiger partial charge on any atom is 0.305 e. The van der Waals surface area contributed by atoms with Crippen molar-refractivity contribution in [1.82, 2.24) is 5.32 Å². The highest BCUT2D eigenvalue weighted by Crippen LogP contribution is 2.17. The Balaban J connectivity index is 3.50. The Morgan fingerprint density at radius 3 is 1.08 bits per heavy atom. The lowest BCUT2D eigenvalue weighted by Crippen LogP contribution is -2.45. The molecule has 2 unspecified atom stereocenters. The van der Waals surface area contributed by atoms with Gasteiger partial charge < -0.3 is 20.3 Å². The largest absolute Gasteiger partial charge is 0.466 e. The quantitative estimate of drug-likeness (QED) is 0.0321. The van der Waals surface area contributed by atoms with Gasteiger partial charge in [0.1, 0.15) is 0 Å². The molecule has 0 aliphatic carbocycles. The van der Waals surface area contributed by atoms with Gasteiger partial charge in [-0.3, -0.25) is 9.59 Å². The van der Waals surface area contributed by atoms with Crippen LogP contribution >= 0.6 is 0 Å². The average Bonchev–Trinajstić information content (AvgIpc) is 3.32. The van der Waals surface area contributed by atoms with Crippen LogP contribution in [0.25, 0.3) is 0 Å². The van der Waals surface area contributed by atoms with Crippen LogP contribution in [0.15, 0.2) is 24.3 Å². The minimum absolute atomic E-state index is 0.0279. The highest BCUT2D eigenvalue weighted by Gasteiger charge is 2.18. The van der Waals surface area contributed by atoms with Gasteiger partial charge in [-0.15, -0.1) is 0 Å². The number of rotatable bonds is 55. The number of carbonyl (C=O) groups is 2. The topological polar surface area (TPSA) is 95.9 Å². The molecule has 0 aliphatic heterocycles. The van der Waals surface area contributed by atoms with Crippen LogP contribution < -0.4 is 5.32 Å². The smallest absolute Gasteiger partial charge is 0.305 e. The Morgan fingerprint density at radius 2 is 0.712 bits per heavy atom. The van der Waals surface area contributed by atoms with Crippen molar-refractivity contribution in [2.45, 2.75) is 334 Å². The van der Waals surface area contributed by atoms with Crippen molar-refractivity contribution in [1.29, 1.82) is 0 Å². The van der Waals surface area contributed by atoms with Crippen molar-refractivity contribution in [3.05, 3.63) is 24.3 Å². The summed E-state index contributed by atoms with van der Waals surface area (Å²) in [7, 11) is 0. The summed E-state index contributed by atoms with van der Waals surface area (Å²) >= 11 is 0. The van der Waals surface area contributed by atoms with E-state index in [0.29, 0.717) is 19.4 Å². The number of esters is 1. The van der Waals surface area contributed by atoms with Crippen molar-refractivity contribution in [2.75, 3.05) is 13.2 Å². The molecule has 0 radical (unpaired) electrons. The van der Waals surface area contributed by atoms with Crippen LogP contribution in [0.1, 0.15) is 322 Å². The van der Waals surface area contributed by atoms with Crippen LogP contribution in [-0.4, -0.2) is 47.4 Å². The third-order valence-corrected chi connectivity index (χ3v) is 13.7. The molecule has 0 aromatic carbocycles. The highest BCUT2D eigenvalue weighted by atomic mass is 16.5. The molecule has 0 fully saturated rings. The molecule has 3 N–H and O–H groups in total. The maximum atomic E-state index is 12.5. The van der Waals surface area contributed by atoms with Gasteiger partial charge in [-0.05, 0) is 57.8 Å². The molecule has 0 bridgehead atoms. The monoisotopic (exact) mass is 930 g/mol. The second kappa shape index (κ2) is 55.9. The summed E-state index contributed by atoms with van der Waals surface area (Å²) in [6.07, 6.45) is 67.7. The van der Waals surface area contributed by atoms with Gasteiger partial charge >= 0.3 is 5.97 Å². The number of aliphatic hydroxyl groups is 2. The van der Waals surface area contributed by atoms with E-state index in [1.807, 2.05) is 6.08 Å². The van der Waals surface area contributed by atoms with Crippen molar-refractivity contribution in [3.63, 3.8) is 0 Å². The Hall–Kier alpha value is -1.66. The first-order valence-electron chi connectivity index (χ1n) is 29.6. The third-order valence-electron chi connectivity index (χ3n) is 13.7. The summed E-state index contributed by atoms with van der Waals surface area (Å²) in [6.45, 7) is 4.86. The zero-order valence-electron chi connectivity index (χ0n) is 44.4. The van der Waals surface area contributed by atoms with Crippen LogP contribution in [0.5, 0.6) is 0 Å². The summed E-state index contributed by atoms with van der Waals surface area (Å²) in [6, 6.07) is -0.646. The van der Waals surface area contributed by atoms with Gasteiger partial charge in [0.15, 0.2) is 0 Å². The number of hydrogen-bond donors (Lipinski definition) is 3. The lowest BCUT2D eigenvalue weighted by molar-refractivity contribution is -0.143. The molecule has 0 aromatic rings. The summed E-state index contributed by atoms with van der Waals surface area (Å²) in [4.78, 5) is 24.5. The van der Waals surface area contributed by atoms with Gasteiger partial charge in [0.25, 0.3) is 0 Å². The van der Waals surface area contributed by atoms with Gasteiger partial charge in [-0.2, -0.15) is 0 Å². The Kier molecular flexibility index (Phi) is 54.5. The molecular weight excluding hydrogens is 815 g/mol. The van der Waals surface area contributed by atoms with E-state index in [4.69, 9.17) is 4.74 Å². The van der Waals surface area contributed by atoms with E-state index in [1.165, 1.54) is 238 Å². The van der Waals surface area contributed by atoms with E-state index in [2.05, 4.69) is 31.3 Å². The first kappa shape index (κ1) is 64.3. The number of hydrogen-bond acceptors (Lipinski definition) is 5. The zero-order chi connectivity index (χ0) is 47.9. The van der Waals surface area contributed by atoms with Gasteiger partial charge in [0.2, 0.25) is 5.91 Å². The fourth-order valence-electron chi connectivity index (χ4n) is 9.16. The Labute approximate surface area is 411 Å². The van der Waals surface area contributed by atoms with Crippen molar-refractivity contribution in [2.24, 2.45) is 0 Å². The minimum atomic E-state index is -0.860. The zero-order valence-corrected chi connectivity index (χ0v) is 44.4. The molecule has 0 heterocycles. The lowest BCUT2D eigenvalue weighted by atomic mass is 10.0. The molecule has 0 rings (SSSR count). The molecule has 66 heavy (non-hydrogen) atoms. The number of carbonyl (C=O) groups excluding carboxylic acids is 2. The van der Waals surface area contributed by atoms with E-state index >= 15 is 0 Å². The first-order valence-corrected chi connectivity index (χ1v) is 29.6.